The molecule has 1 atom stereocenters. The normalized spacial score (nSPS) is 18.1. The van der Waals surface area contributed by atoms with Crippen LogP contribution < -0.4 is 0 Å². The Hall–Kier alpha value is -1.70. The number of rotatable bonds is 8. The minimum Gasteiger partial charge on any atom is -0.464 e. The quantitative estimate of drug-likeness (QED) is 0.345. The summed E-state index contributed by atoms with van der Waals surface area (Å²) in [5.41, 5.74) is 4.50. The number of aryl methyl sites for hydroxylation is 1. The number of carbonyl (C=O) groups is 1. The Bertz CT molecular complexity index is 888. The molecule has 3 rings (SSSR count). The molecule has 0 N–H and O–H groups in total. The second-order valence-electron chi connectivity index (χ2n) is 9.97. The van der Waals surface area contributed by atoms with Crippen LogP contribution in [0.15, 0.2) is 12.3 Å². The van der Waals surface area contributed by atoms with Crippen molar-refractivity contribution in [3.05, 3.63) is 29.1 Å². The number of carbonyl (C=O) groups excluding carboxylic acids is 1. The van der Waals surface area contributed by atoms with Gasteiger partial charge in [-0.3, -0.25) is 4.90 Å². The fourth-order valence-electron chi connectivity index (χ4n) is 4.19. The van der Waals surface area contributed by atoms with Crippen molar-refractivity contribution < 1.29 is 14.3 Å². The van der Waals surface area contributed by atoms with Crippen molar-refractivity contribution in [3.8, 4) is 0 Å². The van der Waals surface area contributed by atoms with E-state index in [4.69, 9.17) is 9.47 Å². The number of esters is 1. The van der Waals surface area contributed by atoms with Gasteiger partial charge >= 0.3 is 5.97 Å². The van der Waals surface area contributed by atoms with E-state index >= 15 is 0 Å². The Morgan fingerprint density at radius 3 is 2.77 bits per heavy atom. The summed E-state index contributed by atoms with van der Waals surface area (Å²) in [7, 11) is 0.288. The van der Waals surface area contributed by atoms with Crippen LogP contribution in [0, 0.1) is 12.8 Å². The minimum absolute atomic E-state index is 0.380. The zero-order chi connectivity index (χ0) is 21.9. The number of nitrogens with zero attached hydrogens (tertiary/aromatic N) is 3. The molecule has 0 radical (unpaired) electrons. The molecule has 1 fully saturated rings. The zero-order valence-corrected chi connectivity index (χ0v) is 20.5. The molecule has 7 heteroatoms. The van der Waals surface area contributed by atoms with Gasteiger partial charge in [0.15, 0.2) is 0 Å². The van der Waals surface area contributed by atoms with Gasteiger partial charge in [-0.2, -0.15) is 0 Å². The Kier molecular flexibility index (Phi) is 7.37. The third-order valence-electron chi connectivity index (χ3n) is 5.84. The smallest absolute Gasteiger partial charge is 0.356 e. The molecule has 0 unspecified atom stereocenters. The number of aromatic nitrogens is 2. The zero-order valence-electron chi connectivity index (χ0n) is 19.5. The van der Waals surface area contributed by atoms with Crippen LogP contribution in [0.2, 0.25) is 25.7 Å². The van der Waals surface area contributed by atoms with E-state index in [1.54, 1.807) is 0 Å². The summed E-state index contributed by atoms with van der Waals surface area (Å²) in [5, 5.41) is 0. The predicted molar refractivity (Wildman–Crippen MR) is 124 cm³/mol. The molecule has 166 valence electrons. The van der Waals surface area contributed by atoms with Crippen LogP contribution in [-0.4, -0.2) is 55.3 Å². The van der Waals surface area contributed by atoms with E-state index in [0.717, 1.165) is 54.4 Å². The maximum Gasteiger partial charge on any atom is 0.356 e. The van der Waals surface area contributed by atoms with Crippen molar-refractivity contribution >= 4 is 25.1 Å². The minimum atomic E-state index is -1.12. The molecule has 0 bridgehead atoms. The number of piperidine rings is 1. The number of methoxy groups -OCH3 is 1. The molecular weight excluding hydrogens is 394 g/mol. The first-order valence-electron chi connectivity index (χ1n) is 11.1. The van der Waals surface area contributed by atoms with Crippen molar-refractivity contribution in [2.75, 3.05) is 26.8 Å². The average Bonchev–Trinajstić information content (AvgIpc) is 3.00. The lowest BCUT2D eigenvalue weighted by molar-refractivity contribution is 0.0594. The summed E-state index contributed by atoms with van der Waals surface area (Å²) < 4.78 is 13.2. The van der Waals surface area contributed by atoms with Crippen LogP contribution in [0.3, 0.4) is 0 Å². The summed E-state index contributed by atoms with van der Waals surface area (Å²) in [6.45, 7) is 15.7. The van der Waals surface area contributed by atoms with E-state index in [1.807, 2.05) is 13.0 Å². The Labute approximate surface area is 181 Å². The summed E-state index contributed by atoms with van der Waals surface area (Å²) in [6.07, 6.45) is 4.60. The van der Waals surface area contributed by atoms with Gasteiger partial charge in [0.25, 0.3) is 0 Å². The highest BCUT2D eigenvalue weighted by Gasteiger charge is 2.22. The van der Waals surface area contributed by atoms with Crippen molar-refractivity contribution in [2.24, 2.45) is 5.92 Å². The largest absolute Gasteiger partial charge is 0.464 e. The number of ether oxygens (including phenoxy) is 2. The monoisotopic (exact) mass is 431 g/mol. The first-order valence-corrected chi connectivity index (χ1v) is 14.8. The standard InChI is InChI=1S/C23H37N3O3Si/c1-17-8-7-9-25(13-17)15-19-12-20(23(27)28-3)24-21-18(2)14-26(22(19)21)16-29-10-11-30(4,5)6/h12,14,17H,7-11,13,15-16H2,1-6H3/t17-/m0/s1. The van der Waals surface area contributed by atoms with Crippen LogP contribution in [0.5, 0.6) is 0 Å². The summed E-state index contributed by atoms with van der Waals surface area (Å²) in [4.78, 5) is 19.4. The highest BCUT2D eigenvalue weighted by Crippen LogP contribution is 2.27. The van der Waals surface area contributed by atoms with Crippen LogP contribution >= 0.6 is 0 Å². The highest BCUT2D eigenvalue weighted by molar-refractivity contribution is 6.76. The molecule has 0 aliphatic carbocycles. The Morgan fingerprint density at radius 1 is 1.33 bits per heavy atom. The molecule has 2 aromatic heterocycles. The molecule has 30 heavy (non-hydrogen) atoms. The second kappa shape index (κ2) is 9.62. The number of hydrogen-bond acceptors (Lipinski definition) is 5. The van der Waals surface area contributed by atoms with Gasteiger partial charge in [-0.05, 0) is 55.5 Å². The van der Waals surface area contributed by atoms with Gasteiger partial charge in [0.05, 0.1) is 18.1 Å². The van der Waals surface area contributed by atoms with Gasteiger partial charge < -0.3 is 14.0 Å². The lowest BCUT2D eigenvalue weighted by Gasteiger charge is -2.31. The number of fused-ring (bicyclic) bond motifs is 1. The van der Waals surface area contributed by atoms with Gasteiger partial charge in [0.1, 0.15) is 12.4 Å². The van der Waals surface area contributed by atoms with Crippen molar-refractivity contribution in [1.82, 2.24) is 14.5 Å². The maximum absolute atomic E-state index is 12.3. The van der Waals surface area contributed by atoms with E-state index < -0.39 is 8.07 Å². The molecule has 2 aromatic rings. The number of hydrogen-bond donors (Lipinski definition) is 0. The van der Waals surface area contributed by atoms with Crippen molar-refractivity contribution in [3.63, 3.8) is 0 Å². The first-order chi connectivity index (χ1) is 14.2. The lowest BCUT2D eigenvalue weighted by Crippen LogP contribution is -2.34. The molecule has 1 aliphatic rings. The lowest BCUT2D eigenvalue weighted by atomic mass is 9.99. The average molecular weight is 432 g/mol. The first kappa shape index (κ1) is 23.0. The molecule has 0 spiro atoms. The third-order valence-corrected chi connectivity index (χ3v) is 7.54. The van der Waals surface area contributed by atoms with Crippen LogP contribution in [0.1, 0.15) is 41.4 Å². The van der Waals surface area contributed by atoms with Crippen LogP contribution in [-0.2, 0) is 22.7 Å². The molecule has 0 aromatic carbocycles. The van der Waals surface area contributed by atoms with Crippen molar-refractivity contribution in [2.45, 2.75) is 65.6 Å². The molecule has 1 aliphatic heterocycles. The maximum atomic E-state index is 12.3. The van der Waals surface area contributed by atoms with Crippen molar-refractivity contribution in [1.29, 1.82) is 0 Å². The van der Waals surface area contributed by atoms with E-state index in [1.165, 1.54) is 20.0 Å². The van der Waals surface area contributed by atoms with Gasteiger partial charge in [-0.1, -0.05) is 26.6 Å². The molecule has 3 heterocycles. The molecular formula is C23H37N3O3Si. The highest BCUT2D eigenvalue weighted by atomic mass is 28.3. The number of pyridine rings is 1. The Balaban J connectivity index is 1.92. The molecule has 1 saturated heterocycles. The van der Waals surface area contributed by atoms with E-state index in [-0.39, 0.29) is 5.97 Å². The van der Waals surface area contributed by atoms with Gasteiger partial charge in [0.2, 0.25) is 0 Å². The SMILES string of the molecule is COC(=O)c1cc(CN2CCC[C@H](C)C2)c2c(n1)c(C)cn2COCC[Si](C)(C)C. The van der Waals surface area contributed by atoms with E-state index in [0.29, 0.717) is 18.3 Å². The number of likely N-dealkylation sites (tertiary alicyclic amines) is 1. The fourth-order valence-corrected chi connectivity index (χ4v) is 4.95. The topological polar surface area (TPSA) is 56.6 Å². The van der Waals surface area contributed by atoms with Gasteiger partial charge in [-0.25, -0.2) is 9.78 Å². The van der Waals surface area contributed by atoms with Crippen LogP contribution in [0.25, 0.3) is 11.0 Å². The summed E-state index contributed by atoms with van der Waals surface area (Å²) >= 11 is 0. The molecule has 0 saturated carbocycles. The molecule has 6 nitrogen and oxygen atoms in total. The second-order valence-corrected chi connectivity index (χ2v) is 15.6. The molecule has 0 amide bonds. The predicted octanol–water partition coefficient (Wildman–Crippen LogP) is 4.68. The van der Waals surface area contributed by atoms with E-state index in [2.05, 4.69) is 47.2 Å². The van der Waals surface area contributed by atoms with E-state index in [9.17, 15) is 4.79 Å². The third kappa shape index (κ3) is 5.71. The Morgan fingerprint density at radius 2 is 2.10 bits per heavy atom. The fraction of sp³-hybridized carbons (Fsp3) is 0.652. The van der Waals surface area contributed by atoms with Gasteiger partial charge in [-0.15, -0.1) is 0 Å². The van der Waals surface area contributed by atoms with Gasteiger partial charge in [0, 0.05) is 34.0 Å². The summed E-state index contributed by atoms with van der Waals surface area (Å²) in [5.74, 6) is 0.318. The van der Waals surface area contributed by atoms with Crippen LogP contribution in [0.4, 0.5) is 0 Å². The summed E-state index contributed by atoms with van der Waals surface area (Å²) in [6, 6.07) is 3.06.